The van der Waals surface area contributed by atoms with Crippen molar-refractivity contribution in [2.24, 2.45) is 20.0 Å². The smallest absolute Gasteiger partial charge is 0.325 e. The Morgan fingerprint density at radius 1 is 1.07 bits per heavy atom. The number of hydrogen-bond acceptors (Lipinski definition) is 4. The van der Waals surface area contributed by atoms with E-state index in [4.69, 9.17) is 0 Å². The Morgan fingerprint density at radius 3 is 2.19 bits per heavy atom. The number of anilines is 1. The van der Waals surface area contributed by atoms with Gasteiger partial charge in [0.05, 0.1) is 26.9 Å². The van der Waals surface area contributed by atoms with Crippen LogP contribution >= 0.6 is 0 Å². The van der Waals surface area contributed by atoms with Gasteiger partial charge < -0.3 is 5.32 Å². The molecule has 0 saturated heterocycles. The molecule has 8 heteroatoms. The molecule has 2 aromatic rings. The molecule has 1 aliphatic rings. The number of aromatic nitrogens is 2. The van der Waals surface area contributed by atoms with Crippen LogP contribution in [-0.2, 0) is 28.7 Å². The molecule has 148 valence electrons. The third-order valence-electron chi connectivity index (χ3n) is 5.53. The minimum Gasteiger partial charge on any atom is -0.325 e. The molecule has 1 aromatic heterocycles. The van der Waals surface area contributed by atoms with Gasteiger partial charge in [-0.15, -0.1) is 0 Å². The summed E-state index contributed by atoms with van der Waals surface area (Å²) in [4.78, 5) is 25.0. The van der Waals surface area contributed by atoms with Crippen LogP contribution in [0.1, 0.15) is 46.0 Å². The van der Waals surface area contributed by atoms with Gasteiger partial charge in [-0.2, -0.15) is 0 Å². The molecule has 1 N–H and O–H groups in total. The van der Waals surface area contributed by atoms with Crippen LogP contribution in [-0.4, -0.2) is 28.7 Å². The van der Waals surface area contributed by atoms with Gasteiger partial charge in [-0.05, 0) is 38.8 Å². The van der Waals surface area contributed by atoms with E-state index in [1.165, 1.54) is 15.2 Å². The molecule has 1 saturated carbocycles. The highest BCUT2D eigenvalue weighted by molar-refractivity contribution is 7.92. The van der Waals surface area contributed by atoms with Crippen LogP contribution in [0.25, 0.3) is 11.0 Å². The molecule has 3 rings (SSSR count). The molecule has 1 heterocycles. The Morgan fingerprint density at radius 2 is 1.63 bits per heavy atom. The molecule has 0 spiro atoms. The second-order valence-electron chi connectivity index (χ2n) is 7.66. The Kier molecular flexibility index (Phi) is 5.20. The van der Waals surface area contributed by atoms with Gasteiger partial charge in [0.2, 0.25) is 5.91 Å². The van der Waals surface area contributed by atoms with Gasteiger partial charge in [0.1, 0.15) is 0 Å². The van der Waals surface area contributed by atoms with Crippen molar-refractivity contribution in [3.8, 4) is 0 Å². The van der Waals surface area contributed by atoms with Crippen LogP contribution in [0, 0.1) is 5.92 Å². The van der Waals surface area contributed by atoms with E-state index >= 15 is 0 Å². The fraction of sp³-hybridized carbons (Fsp3) is 0.579. The van der Waals surface area contributed by atoms with Gasteiger partial charge in [0.15, 0.2) is 9.84 Å². The molecule has 0 unspecified atom stereocenters. The van der Waals surface area contributed by atoms with Crippen LogP contribution in [0.5, 0.6) is 0 Å². The Hall–Kier alpha value is -2.09. The summed E-state index contributed by atoms with van der Waals surface area (Å²) in [6.45, 7) is 3.21. The highest BCUT2D eigenvalue weighted by Gasteiger charge is 2.28. The van der Waals surface area contributed by atoms with Gasteiger partial charge in [-0.3, -0.25) is 13.9 Å². The SMILES string of the molecule is CC(C)S(=O)(=O)c1cc2c(cc1NC(=O)C1CCCCC1)n(C)c(=O)n2C. The first-order chi connectivity index (χ1) is 12.6. The molecule has 0 radical (unpaired) electrons. The molecular weight excluding hydrogens is 366 g/mol. The predicted molar refractivity (Wildman–Crippen MR) is 106 cm³/mol. The summed E-state index contributed by atoms with van der Waals surface area (Å²) in [7, 11) is -0.394. The number of amides is 1. The number of nitrogens with zero attached hydrogens (tertiary/aromatic N) is 2. The highest BCUT2D eigenvalue weighted by Crippen LogP contribution is 2.31. The minimum absolute atomic E-state index is 0.0651. The van der Waals surface area contributed by atoms with Crippen LogP contribution in [0.15, 0.2) is 21.8 Å². The third-order valence-corrected chi connectivity index (χ3v) is 7.73. The molecule has 1 fully saturated rings. The predicted octanol–water partition coefficient (Wildman–Crippen LogP) is 2.58. The normalized spacial score (nSPS) is 16.2. The van der Waals surface area contributed by atoms with Crippen LogP contribution < -0.4 is 11.0 Å². The molecule has 7 nitrogen and oxygen atoms in total. The minimum atomic E-state index is -3.64. The van der Waals surface area contributed by atoms with Gasteiger partial charge in [-0.1, -0.05) is 19.3 Å². The van der Waals surface area contributed by atoms with E-state index < -0.39 is 15.1 Å². The fourth-order valence-electron chi connectivity index (χ4n) is 3.71. The lowest BCUT2D eigenvalue weighted by molar-refractivity contribution is -0.120. The van der Waals surface area contributed by atoms with E-state index in [2.05, 4.69) is 5.32 Å². The number of nitrogens with one attached hydrogen (secondary N) is 1. The number of carbonyl (C=O) groups is 1. The molecule has 1 aliphatic carbocycles. The quantitative estimate of drug-likeness (QED) is 0.864. The monoisotopic (exact) mass is 393 g/mol. The lowest BCUT2D eigenvalue weighted by Crippen LogP contribution is -2.26. The van der Waals surface area contributed by atoms with E-state index in [1.54, 1.807) is 34.0 Å². The zero-order valence-corrected chi connectivity index (χ0v) is 17.1. The van der Waals surface area contributed by atoms with Crippen molar-refractivity contribution < 1.29 is 13.2 Å². The van der Waals surface area contributed by atoms with Crippen molar-refractivity contribution in [1.29, 1.82) is 0 Å². The molecular formula is C19H27N3O4S. The number of rotatable bonds is 4. The Balaban J connectivity index is 2.15. The maximum atomic E-state index is 12.9. The zero-order valence-electron chi connectivity index (χ0n) is 16.3. The third kappa shape index (κ3) is 3.42. The average molecular weight is 394 g/mol. The molecule has 0 bridgehead atoms. The first kappa shape index (κ1) is 19.7. The number of benzene rings is 1. The summed E-state index contributed by atoms with van der Waals surface area (Å²) in [5.41, 5.74) is 1.13. The summed E-state index contributed by atoms with van der Waals surface area (Å²) >= 11 is 0. The summed E-state index contributed by atoms with van der Waals surface area (Å²) in [6, 6.07) is 3.11. The summed E-state index contributed by atoms with van der Waals surface area (Å²) < 4.78 is 28.7. The van der Waals surface area contributed by atoms with E-state index in [-0.39, 0.29) is 28.1 Å². The van der Waals surface area contributed by atoms with Crippen molar-refractivity contribution in [3.05, 3.63) is 22.6 Å². The van der Waals surface area contributed by atoms with Gasteiger partial charge in [0.25, 0.3) is 0 Å². The molecule has 1 aromatic carbocycles. The number of hydrogen-bond donors (Lipinski definition) is 1. The first-order valence-corrected chi connectivity index (χ1v) is 10.9. The number of fused-ring (bicyclic) bond motifs is 1. The van der Waals surface area contributed by atoms with Crippen molar-refractivity contribution >= 4 is 32.5 Å². The van der Waals surface area contributed by atoms with Crippen molar-refractivity contribution in [1.82, 2.24) is 9.13 Å². The van der Waals surface area contributed by atoms with Crippen molar-refractivity contribution in [2.45, 2.75) is 56.1 Å². The van der Waals surface area contributed by atoms with Crippen molar-refractivity contribution in [3.63, 3.8) is 0 Å². The largest absolute Gasteiger partial charge is 0.328 e. The molecule has 1 amide bonds. The second-order valence-corrected chi connectivity index (χ2v) is 10.1. The highest BCUT2D eigenvalue weighted by atomic mass is 32.2. The van der Waals surface area contributed by atoms with E-state index in [0.29, 0.717) is 11.0 Å². The number of sulfone groups is 1. The van der Waals surface area contributed by atoms with Crippen LogP contribution in [0.4, 0.5) is 5.69 Å². The zero-order chi connectivity index (χ0) is 19.9. The average Bonchev–Trinajstić information content (AvgIpc) is 2.85. The Labute approximate surface area is 159 Å². The van der Waals surface area contributed by atoms with Gasteiger partial charge in [-0.25, -0.2) is 13.2 Å². The number of imidazole rings is 1. The fourth-order valence-corrected chi connectivity index (χ4v) is 4.91. The molecule has 27 heavy (non-hydrogen) atoms. The Bertz CT molecular complexity index is 1040. The van der Waals surface area contributed by atoms with Crippen LogP contribution in [0.3, 0.4) is 0 Å². The summed E-state index contributed by atoms with van der Waals surface area (Å²) in [5, 5.41) is 2.21. The molecule has 0 aliphatic heterocycles. The summed E-state index contributed by atoms with van der Waals surface area (Å²) in [6.07, 6.45) is 4.81. The number of aryl methyl sites for hydroxylation is 2. The summed E-state index contributed by atoms with van der Waals surface area (Å²) in [5.74, 6) is -0.237. The van der Waals surface area contributed by atoms with Crippen molar-refractivity contribution in [2.75, 3.05) is 5.32 Å². The van der Waals surface area contributed by atoms with E-state index in [0.717, 1.165) is 32.1 Å². The van der Waals surface area contributed by atoms with E-state index in [9.17, 15) is 18.0 Å². The van der Waals surface area contributed by atoms with Gasteiger partial charge >= 0.3 is 5.69 Å². The van der Waals surface area contributed by atoms with E-state index in [1.807, 2.05) is 0 Å². The van der Waals surface area contributed by atoms with Crippen LogP contribution in [0.2, 0.25) is 0 Å². The second kappa shape index (κ2) is 7.14. The maximum Gasteiger partial charge on any atom is 0.328 e. The lowest BCUT2D eigenvalue weighted by Gasteiger charge is -2.22. The first-order valence-electron chi connectivity index (χ1n) is 9.38. The standard InChI is InChI=1S/C19H27N3O4S/c1-12(2)27(25,26)17-11-16-15(21(3)19(24)22(16)4)10-14(17)20-18(23)13-8-6-5-7-9-13/h10-13H,5-9H2,1-4H3,(H,20,23). The topological polar surface area (TPSA) is 90.2 Å². The maximum absolute atomic E-state index is 12.9. The number of carbonyl (C=O) groups excluding carboxylic acids is 1. The lowest BCUT2D eigenvalue weighted by atomic mass is 9.88. The van der Waals surface area contributed by atoms with Gasteiger partial charge in [0, 0.05) is 20.0 Å². The molecule has 0 atom stereocenters.